The fourth-order valence-corrected chi connectivity index (χ4v) is 1.97. The molecule has 0 saturated heterocycles. The quantitative estimate of drug-likeness (QED) is 0.880. The monoisotopic (exact) mass is 230 g/mol. The van der Waals surface area contributed by atoms with Crippen LogP contribution in [-0.2, 0) is 13.5 Å². The smallest absolute Gasteiger partial charge is 0.145 e. The third-order valence-electron chi connectivity index (χ3n) is 2.95. The van der Waals surface area contributed by atoms with E-state index in [2.05, 4.69) is 29.1 Å². The molecule has 2 rings (SSSR count). The average Bonchev–Trinajstić information content (AvgIpc) is 2.65. The summed E-state index contributed by atoms with van der Waals surface area (Å²) < 4.78 is 1.73. The number of nitrogens with zero attached hydrogens (tertiary/aromatic N) is 3. The molecule has 4 heteroatoms. The van der Waals surface area contributed by atoms with Gasteiger partial charge in [-0.1, -0.05) is 25.1 Å². The maximum Gasteiger partial charge on any atom is 0.145 e. The number of nitrogen functional groups attached to an aromatic ring is 1. The maximum atomic E-state index is 6.08. The normalized spacial score (nSPS) is 10.5. The van der Waals surface area contributed by atoms with Crippen LogP contribution in [-0.4, -0.2) is 16.8 Å². The van der Waals surface area contributed by atoms with Gasteiger partial charge in [-0.2, -0.15) is 5.10 Å². The predicted octanol–water partition coefficient (Wildman–Crippen LogP) is 2.33. The molecule has 1 heterocycles. The highest BCUT2D eigenvalue weighted by atomic mass is 15.3. The minimum absolute atomic E-state index is 0.702. The van der Waals surface area contributed by atoms with E-state index in [4.69, 9.17) is 5.73 Å². The lowest BCUT2D eigenvalue weighted by molar-refractivity contribution is 0.755. The van der Waals surface area contributed by atoms with Crippen molar-refractivity contribution in [2.24, 2.45) is 7.05 Å². The standard InChI is InChI=1S/C13H18N4/c1-4-11-12(13(14)17(3)15-11)16(2)10-8-6-5-7-9-10/h5-9H,4,14H2,1-3H3. The lowest BCUT2D eigenvalue weighted by atomic mass is 10.2. The van der Waals surface area contributed by atoms with E-state index in [1.54, 1.807) is 4.68 Å². The highest BCUT2D eigenvalue weighted by Gasteiger charge is 2.17. The zero-order valence-corrected chi connectivity index (χ0v) is 10.5. The molecule has 0 aliphatic heterocycles. The average molecular weight is 230 g/mol. The minimum Gasteiger partial charge on any atom is -0.382 e. The van der Waals surface area contributed by atoms with Gasteiger partial charge in [-0.15, -0.1) is 0 Å². The number of anilines is 3. The second-order valence-corrected chi connectivity index (χ2v) is 4.05. The first-order valence-electron chi connectivity index (χ1n) is 5.75. The van der Waals surface area contributed by atoms with Crippen molar-refractivity contribution in [3.63, 3.8) is 0 Å². The Morgan fingerprint density at radius 1 is 1.29 bits per heavy atom. The van der Waals surface area contributed by atoms with Gasteiger partial charge in [0.1, 0.15) is 11.5 Å². The van der Waals surface area contributed by atoms with Gasteiger partial charge in [0.05, 0.1) is 5.69 Å². The number of aromatic nitrogens is 2. The van der Waals surface area contributed by atoms with Crippen LogP contribution < -0.4 is 10.6 Å². The van der Waals surface area contributed by atoms with Crippen molar-refractivity contribution in [1.29, 1.82) is 0 Å². The van der Waals surface area contributed by atoms with Crippen molar-refractivity contribution in [3.8, 4) is 0 Å². The van der Waals surface area contributed by atoms with Gasteiger partial charge in [-0.3, -0.25) is 4.68 Å². The number of benzene rings is 1. The molecule has 1 aromatic heterocycles. The van der Waals surface area contributed by atoms with Crippen LogP contribution >= 0.6 is 0 Å². The third-order valence-corrected chi connectivity index (χ3v) is 2.95. The second kappa shape index (κ2) is 4.49. The summed E-state index contributed by atoms with van der Waals surface area (Å²) in [7, 11) is 3.89. The van der Waals surface area contributed by atoms with Gasteiger partial charge in [0, 0.05) is 19.8 Å². The summed E-state index contributed by atoms with van der Waals surface area (Å²) >= 11 is 0. The largest absolute Gasteiger partial charge is 0.382 e. The van der Waals surface area contributed by atoms with Gasteiger partial charge in [0.15, 0.2) is 0 Å². The molecule has 17 heavy (non-hydrogen) atoms. The Balaban J connectivity index is 2.47. The predicted molar refractivity (Wildman–Crippen MR) is 71.5 cm³/mol. The highest BCUT2D eigenvalue weighted by Crippen LogP contribution is 2.32. The highest BCUT2D eigenvalue weighted by molar-refractivity contribution is 5.74. The first-order valence-corrected chi connectivity index (χ1v) is 5.75. The van der Waals surface area contributed by atoms with Gasteiger partial charge in [-0.05, 0) is 18.6 Å². The van der Waals surface area contributed by atoms with Gasteiger partial charge in [0.25, 0.3) is 0 Å². The number of nitrogens with two attached hydrogens (primary N) is 1. The molecule has 4 nitrogen and oxygen atoms in total. The van der Waals surface area contributed by atoms with Crippen LogP contribution in [0.25, 0.3) is 0 Å². The number of hydrogen-bond acceptors (Lipinski definition) is 3. The number of para-hydroxylation sites is 1. The zero-order chi connectivity index (χ0) is 12.4. The van der Waals surface area contributed by atoms with Crippen LogP contribution in [0.3, 0.4) is 0 Å². The van der Waals surface area contributed by atoms with E-state index >= 15 is 0 Å². The minimum atomic E-state index is 0.702. The van der Waals surface area contributed by atoms with Crippen LogP contribution in [0.15, 0.2) is 30.3 Å². The summed E-state index contributed by atoms with van der Waals surface area (Å²) in [6.45, 7) is 2.09. The topological polar surface area (TPSA) is 47.1 Å². The summed E-state index contributed by atoms with van der Waals surface area (Å²) in [6, 6.07) is 10.2. The van der Waals surface area contributed by atoms with Crippen molar-refractivity contribution in [2.45, 2.75) is 13.3 Å². The van der Waals surface area contributed by atoms with E-state index in [-0.39, 0.29) is 0 Å². The van der Waals surface area contributed by atoms with Crippen molar-refractivity contribution in [1.82, 2.24) is 9.78 Å². The van der Waals surface area contributed by atoms with E-state index in [1.165, 1.54) is 0 Å². The molecule has 0 spiro atoms. The Labute approximate surface area is 102 Å². The van der Waals surface area contributed by atoms with E-state index < -0.39 is 0 Å². The van der Waals surface area contributed by atoms with Gasteiger partial charge in [0.2, 0.25) is 0 Å². The fraction of sp³-hybridized carbons (Fsp3) is 0.308. The molecule has 1 aromatic carbocycles. The molecule has 2 aromatic rings. The Morgan fingerprint density at radius 3 is 2.53 bits per heavy atom. The van der Waals surface area contributed by atoms with Gasteiger partial charge in [-0.25, -0.2) is 0 Å². The van der Waals surface area contributed by atoms with Crippen LogP contribution in [0.5, 0.6) is 0 Å². The van der Waals surface area contributed by atoms with Crippen LogP contribution in [0.4, 0.5) is 17.2 Å². The second-order valence-electron chi connectivity index (χ2n) is 4.05. The Morgan fingerprint density at radius 2 is 1.94 bits per heavy atom. The lowest BCUT2D eigenvalue weighted by Gasteiger charge is -2.19. The Hall–Kier alpha value is -1.97. The van der Waals surface area contributed by atoms with Crippen LogP contribution in [0, 0.1) is 0 Å². The molecule has 0 fully saturated rings. The zero-order valence-electron chi connectivity index (χ0n) is 10.5. The first kappa shape index (κ1) is 11.5. The number of rotatable bonds is 3. The first-order chi connectivity index (χ1) is 8.15. The summed E-state index contributed by atoms with van der Waals surface area (Å²) in [5, 5.41) is 4.43. The van der Waals surface area contributed by atoms with E-state index in [0.29, 0.717) is 5.82 Å². The molecule has 0 saturated carbocycles. The van der Waals surface area contributed by atoms with Crippen LogP contribution in [0.1, 0.15) is 12.6 Å². The molecular weight excluding hydrogens is 212 g/mol. The Kier molecular flexibility index (Phi) is 3.04. The summed E-state index contributed by atoms with van der Waals surface area (Å²) in [5.41, 5.74) is 9.21. The molecule has 0 radical (unpaired) electrons. The number of hydrogen-bond donors (Lipinski definition) is 1. The van der Waals surface area contributed by atoms with Crippen molar-refractivity contribution < 1.29 is 0 Å². The maximum absolute atomic E-state index is 6.08. The summed E-state index contributed by atoms with van der Waals surface area (Å²) in [4.78, 5) is 2.08. The van der Waals surface area contributed by atoms with Crippen molar-refractivity contribution in [2.75, 3.05) is 17.7 Å². The molecule has 2 N–H and O–H groups in total. The lowest BCUT2D eigenvalue weighted by Crippen LogP contribution is -2.12. The third kappa shape index (κ3) is 1.98. The molecular formula is C13H18N4. The summed E-state index contributed by atoms with van der Waals surface area (Å²) in [6.07, 6.45) is 0.873. The van der Waals surface area contributed by atoms with Gasteiger partial charge >= 0.3 is 0 Å². The molecule has 90 valence electrons. The Bertz CT molecular complexity index is 502. The van der Waals surface area contributed by atoms with Crippen molar-refractivity contribution in [3.05, 3.63) is 36.0 Å². The fourth-order valence-electron chi connectivity index (χ4n) is 1.97. The van der Waals surface area contributed by atoms with Crippen molar-refractivity contribution >= 4 is 17.2 Å². The molecule has 0 amide bonds. The molecule has 0 aliphatic carbocycles. The van der Waals surface area contributed by atoms with Crippen LogP contribution in [0.2, 0.25) is 0 Å². The van der Waals surface area contributed by atoms with E-state index in [1.807, 2.05) is 32.3 Å². The summed E-state index contributed by atoms with van der Waals surface area (Å²) in [5.74, 6) is 0.702. The number of aryl methyl sites for hydroxylation is 2. The molecule has 0 atom stereocenters. The molecule has 0 aliphatic rings. The molecule has 0 bridgehead atoms. The van der Waals surface area contributed by atoms with E-state index in [0.717, 1.165) is 23.5 Å². The SMILES string of the molecule is CCc1nn(C)c(N)c1N(C)c1ccccc1. The van der Waals surface area contributed by atoms with Gasteiger partial charge < -0.3 is 10.6 Å². The molecule has 0 unspecified atom stereocenters. The van der Waals surface area contributed by atoms with E-state index in [9.17, 15) is 0 Å².